The van der Waals surface area contributed by atoms with Gasteiger partial charge < -0.3 is 14.4 Å². The van der Waals surface area contributed by atoms with E-state index in [1.165, 1.54) is 0 Å². The van der Waals surface area contributed by atoms with Crippen LogP contribution in [0, 0.1) is 23.7 Å². The van der Waals surface area contributed by atoms with Gasteiger partial charge in [-0.1, -0.05) is 5.92 Å². The number of pyridine rings is 1. The Morgan fingerprint density at radius 1 is 1.28 bits per heavy atom. The lowest BCUT2D eigenvalue weighted by Gasteiger charge is -2.38. The van der Waals surface area contributed by atoms with Gasteiger partial charge in [0.1, 0.15) is 11.9 Å². The number of aryl methyl sites for hydroxylation is 1. The number of piperidine rings is 1. The molecule has 1 saturated heterocycles. The topological polar surface area (TPSA) is 67.6 Å². The summed E-state index contributed by atoms with van der Waals surface area (Å²) in [6.07, 6.45) is 5.30. The number of rotatable bonds is 9. The summed E-state index contributed by atoms with van der Waals surface area (Å²) in [7, 11) is 3.57. The Kier molecular flexibility index (Phi) is 8.61. The molecule has 3 aromatic rings. The molecule has 1 fully saturated rings. The van der Waals surface area contributed by atoms with E-state index >= 15 is 4.39 Å². The molecule has 3 atom stereocenters. The number of carboxylic acid groups (broad SMARTS) is 1. The molecular formula is C29H34FN3O3. The smallest absolute Gasteiger partial charge is 0.303 e. The number of aliphatic carboxylic acids is 1. The van der Waals surface area contributed by atoms with Crippen LogP contribution in [0.15, 0.2) is 48.8 Å². The molecule has 1 N–H and O–H groups in total. The second kappa shape index (κ2) is 12.0. The fourth-order valence-corrected chi connectivity index (χ4v) is 5.21. The molecular weight excluding hydrogens is 457 g/mol. The number of ether oxygens (including phenoxy) is 1. The number of carbonyl (C=O) groups is 1. The number of halogens is 1. The van der Waals surface area contributed by atoms with Crippen molar-refractivity contribution in [3.63, 3.8) is 0 Å². The maximum Gasteiger partial charge on any atom is 0.303 e. The number of aromatic nitrogens is 2. The van der Waals surface area contributed by atoms with Gasteiger partial charge in [0.15, 0.2) is 0 Å². The second-order valence-corrected chi connectivity index (χ2v) is 9.61. The molecule has 0 saturated carbocycles. The molecule has 0 radical (unpaired) electrons. The van der Waals surface area contributed by atoms with Gasteiger partial charge in [-0.25, -0.2) is 4.39 Å². The van der Waals surface area contributed by atoms with Gasteiger partial charge >= 0.3 is 5.97 Å². The Bertz CT molecular complexity index is 1250. The third-order valence-corrected chi connectivity index (χ3v) is 7.28. The fourth-order valence-electron chi connectivity index (χ4n) is 5.21. The van der Waals surface area contributed by atoms with Gasteiger partial charge in [-0.15, -0.1) is 0 Å². The third-order valence-electron chi connectivity index (χ3n) is 7.28. The van der Waals surface area contributed by atoms with E-state index in [9.17, 15) is 9.90 Å². The zero-order valence-corrected chi connectivity index (χ0v) is 21.0. The first kappa shape index (κ1) is 25.7. The summed E-state index contributed by atoms with van der Waals surface area (Å²) >= 11 is 0. The zero-order valence-electron chi connectivity index (χ0n) is 21.0. The van der Waals surface area contributed by atoms with Gasteiger partial charge in [0.05, 0.1) is 24.9 Å². The first-order chi connectivity index (χ1) is 17.4. The SMILES string of the molecule is COc1ccc2nccc(C(F)CC[C@@H]3CCN(CC#Cc4cccn4C)C[C@@H]3CCC(=O)O)c2c1. The van der Waals surface area contributed by atoms with Crippen LogP contribution < -0.4 is 4.74 Å². The average Bonchev–Trinajstić information content (AvgIpc) is 3.30. The number of methoxy groups -OCH3 is 1. The van der Waals surface area contributed by atoms with Crippen molar-refractivity contribution < 1.29 is 19.0 Å². The molecule has 0 amide bonds. The Hall–Kier alpha value is -3.37. The maximum absolute atomic E-state index is 15.5. The van der Waals surface area contributed by atoms with E-state index in [1.54, 1.807) is 19.4 Å². The van der Waals surface area contributed by atoms with Crippen molar-refractivity contribution >= 4 is 16.9 Å². The molecule has 36 heavy (non-hydrogen) atoms. The number of hydrogen-bond donors (Lipinski definition) is 1. The van der Waals surface area contributed by atoms with Crippen molar-refractivity contribution in [2.75, 3.05) is 26.7 Å². The van der Waals surface area contributed by atoms with Crippen molar-refractivity contribution in [1.29, 1.82) is 0 Å². The van der Waals surface area contributed by atoms with Crippen molar-refractivity contribution in [3.05, 3.63) is 60.0 Å². The third kappa shape index (κ3) is 6.44. The first-order valence-corrected chi connectivity index (χ1v) is 12.6. The predicted octanol–water partition coefficient (Wildman–Crippen LogP) is 5.23. The number of carboxylic acids is 1. The molecule has 0 spiro atoms. The van der Waals surface area contributed by atoms with Crippen molar-refractivity contribution in [1.82, 2.24) is 14.5 Å². The predicted molar refractivity (Wildman–Crippen MR) is 139 cm³/mol. The van der Waals surface area contributed by atoms with Gasteiger partial charge in [0.25, 0.3) is 0 Å². The van der Waals surface area contributed by atoms with Crippen molar-refractivity contribution in [3.8, 4) is 17.6 Å². The number of nitrogens with zero attached hydrogens (tertiary/aromatic N) is 3. The van der Waals surface area contributed by atoms with Crippen molar-refractivity contribution in [2.24, 2.45) is 18.9 Å². The fraction of sp³-hybridized carbons (Fsp3) is 0.448. The molecule has 1 aliphatic heterocycles. The Balaban J connectivity index is 1.40. The van der Waals surface area contributed by atoms with Crippen LogP contribution in [-0.4, -0.2) is 52.3 Å². The van der Waals surface area contributed by atoms with E-state index in [0.717, 1.165) is 42.5 Å². The van der Waals surface area contributed by atoms with Crippen LogP contribution in [0.4, 0.5) is 4.39 Å². The van der Waals surface area contributed by atoms with Gasteiger partial charge in [0, 0.05) is 37.8 Å². The van der Waals surface area contributed by atoms with Gasteiger partial charge in [-0.3, -0.25) is 14.7 Å². The molecule has 6 nitrogen and oxygen atoms in total. The Morgan fingerprint density at radius 3 is 2.89 bits per heavy atom. The average molecular weight is 492 g/mol. The van der Waals surface area contributed by atoms with Gasteiger partial charge in [-0.05, 0) is 91.9 Å². The zero-order chi connectivity index (χ0) is 25.5. The van der Waals surface area contributed by atoms with E-state index in [2.05, 4.69) is 21.7 Å². The number of benzene rings is 1. The lowest BCUT2D eigenvalue weighted by Crippen LogP contribution is -2.41. The summed E-state index contributed by atoms with van der Waals surface area (Å²) in [6.45, 7) is 2.34. The first-order valence-electron chi connectivity index (χ1n) is 12.6. The minimum absolute atomic E-state index is 0.137. The summed E-state index contributed by atoms with van der Waals surface area (Å²) in [6, 6.07) is 11.2. The van der Waals surface area contributed by atoms with Crippen LogP contribution in [0.3, 0.4) is 0 Å². The van der Waals surface area contributed by atoms with E-state index in [4.69, 9.17) is 4.74 Å². The summed E-state index contributed by atoms with van der Waals surface area (Å²) in [5.74, 6) is 6.88. The Labute approximate surface area is 212 Å². The minimum Gasteiger partial charge on any atom is -0.497 e. The maximum atomic E-state index is 15.5. The second-order valence-electron chi connectivity index (χ2n) is 9.61. The normalized spacial score (nSPS) is 19.0. The largest absolute Gasteiger partial charge is 0.497 e. The molecule has 1 unspecified atom stereocenters. The van der Waals surface area contributed by atoms with Crippen LogP contribution in [0.2, 0.25) is 0 Å². The summed E-state index contributed by atoms with van der Waals surface area (Å²) in [5, 5.41) is 10.0. The highest BCUT2D eigenvalue weighted by Gasteiger charge is 2.30. The van der Waals surface area contributed by atoms with Crippen molar-refractivity contribution in [2.45, 2.75) is 38.3 Å². The molecule has 4 rings (SSSR count). The van der Waals surface area contributed by atoms with Gasteiger partial charge in [-0.2, -0.15) is 0 Å². The number of likely N-dealkylation sites (tertiary alicyclic amines) is 1. The highest BCUT2D eigenvalue weighted by molar-refractivity contribution is 5.83. The quantitative estimate of drug-likeness (QED) is 0.415. The van der Waals surface area contributed by atoms with E-state index < -0.39 is 12.1 Å². The Morgan fingerprint density at radius 2 is 2.14 bits per heavy atom. The standard InChI is InChI=1S/C29H34FN3O3/c1-32-16-3-5-23(32)6-4-17-33-18-14-21(22(20-33)8-12-29(34)35)7-10-27(30)25-13-15-31-28-11-9-24(36-2)19-26(25)28/h3,5,9,11,13,15-16,19,21-22,27H,7-8,10,12,14,17-18,20H2,1-2H3,(H,34,35)/t21-,22+,27?/m1/s1. The summed E-state index contributed by atoms with van der Waals surface area (Å²) in [4.78, 5) is 17.9. The van der Waals surface area contributed by atoms with E-state index in [-0.39, 0.29) is 12.3 Å². The van der Waals surface area contributed by atoms with Gasteiger partial charge in [0.2, 0.25) is 0 Å². The van der Waals surface area contributed by atoms with Crippen LogP contribution in [0.25, 0.3) is 10.9 Å². The molecule has 190 valence electrons. The molecule has 7 heteroatoms. The lowest BCUT2D eigenvalue weighted by atomic mass is 9.79. The van der Waals surface area contributed by atoms with Crippen LogP contribution in [-0.2, 0) is 11.8 Å². The van der Waals surface area contributed by atoms with E-state index in [0.29, 0.717) is 36.6 Å². The molecule has 1 aromatic carbocycles. The van der Waals surface area contributed by atoms with Crippen LogP contribution in [0.1, 0.15) is 49.5 Å². The highest BCUT2D eigenvalue weighted by Crippen LogP contribution is 2.36. The van der Waals surface area contributed by atoms with Crippen LogP contribution in [0.5, 0.6) is 5.75 Å². The number of hydrogen-bond acceptors (Lipinski definition) is 4. The monoisotopic (exact) mass is 491 g/mol. The molecule has 0 bridgehead atoms. The highest BCUT2D eigenvalue weighted by atomic mass is 19.1. The minimum atomic E-state index is -1.11. The molecule has 3 heterocycles. The van der Waals surface area contributed by atoms with Crippen LogP contribution >= 0.6 is 0 Å². The number of alkyl halides is 1. The molecule has 0 aliphatic carbocycles. The molecule has 2 aromatic heterocycles. The van der Waals surface area contributed by atoms with E-state index in [1.807, 2.05) is 48.1 Å². The number of fused-ring (bicyclic) bond motifs is 1. The summed E-state index contributed by atoms with van der Waals surface area (Å²) in [5.41, 5.74) is 2.36. The lowest BCUT2D eigenvalue weighted by molar-refractivity contribution is -0.137. The molecule has 1 aliphatic rings. The summed E-state index contributed by atoms with van der Waals surface area (Å²) < 4.78 is 22.8.